The van der Waals surface area contributed by atoms with Crippen molar-refractivity contribution in [2.45, 2.75) is 44.1 Å². The number of benzene rings is 1. The molecule has 3 aromatic rings. The molecule has 1 atom stereocenters. The second-order valence-corrected chi connectivity index (χ2v) is 8.30. The zero-order valence-electron chi connectivity index (χ0n) is 18.3. The fourth-order valence-electron chi connectivity index (χ4n) is 4.98. The van der Waals surface area contributed by atoms with Crippen molar-refractivity contribution in [3.05, 3.63) is 41.0 Å². The maximum absolute atomic E-state index is 15.3. The molecular formula is C23H26FN5O3. The Morgan fingerprint density at radius 3 is 2.75 bits per heavy atom. The highest BCUT2D eigenvalue weighted by molar-refractivity contribution is 5.86. The van der Waals surface area contributed by atoms with E-state index in [1.54, 1.807) is 26.4 Å². The molecule has 1 unspecified atom stereocenters. The van der Waals surface area contributed by atoms with Crippen molar-refractivity contribution in [2.24, 2.45) is 0 Å². The maximum Gasteiger partial charge on any atom is 0.207 e. The Morgan fingerprint density at radius 2 is 2.03 bits per heavy atom. The summed E-state index contributed by atoms with van der Waals surface area (Å²) in [5.74, 6) is 0.602. The van der Waals surface area contributed by atoms with E-state index in [2.05, 4.69) is 20.6 Å². The quantitative estimate of drug-likeness (QED) is 0.627. The number of aryl methyl sites for hydroxylation is 1. The van der Waals surface area contributed by atoms with Gasteiger partial charge in [-0.3, -0.25) is 4.98 Å². The minimum absolute atomic E-state index is 0.337. The summed E-state index contributed by atoms with van der Waals surface area (Å²) in [6.07, 6.45) is 5.32. The topological polar surface area (TPSA) is 95.0 Å². The van der Waals surface area contributed by atoms with Crippen LogP contribution in [-0.2, 0) is 27.9 Å². The summed E-state index contributed by atoms with van der Waals surface area (Å²) in [4.78, 5) is 5.12. The van der Waals surface area contributed by atoms with E-state index in [4.69, 9.17) is 19.2 Å². The Morgan fingerprint density at radius 1 is 1.16 bits per heavy atom. The molecule has 2 aliphatic rings. The number of H-pyrrole nitrogens is 1. The lowest BCUT2D eigenvalue weighted by Crippen LogP contribution is -2.33. The zero-order valence-corrected chi connectivity index (χ0v) is 18.3. The molecule has 1 aliphatic carbocycles. The molecule has 1 aliphatic heterocycles. The van der Waals surface area contributed by atoms with Crippen LogP contribution in [0.5, 0.6) is 5.75 Å². The summed E-state index contributed by atoms with van der Waals surface area (Å²) in [5, 5.41) is 14.9. The smallest absolute Gasteiger partial charge is 0.207 e. The molecule has 0 spiro atoms. The van der Waals surface area contributed by atoms with E-state index >= 15 is 4.39 Å². The van der Waals surface area contributed by atoms with Gasteiger partial charge in [0.25, 0.3) is 0 Å². The first-order chi connectivity index (χ1) is 15.7. The number of ether oxygens (including phenoxy) is 3. The van der Waals surface area contributed by atoms with E-state index in [0.717, 1.165) is 55.3 Å². The van der Waals surface area contributed by atoms with Gasteiger partial charge in [-0.15, -0.1) is 10.2 Å². The van der Waals surface area contributed by atoms with Gasteiger partial charge in [-0.05, 0) is 67.5 Å². The summed E-state index contributed by atoms with van der Waals surface area (Å²) in [6.45, 7) is 0.945. The first kappa shape index (κ1) is 21.0. The Labute approximate surface area is 185 Å². The highest BCUT2D eigenvalue weighted by atomic mass is 19.1. The number of hydrogen-bond acceptors (Lipinski definition) is 7. The van der Waals surface area contributed by atoms with E-state index in [1.807, 2.05) is 0 Å². The monoisotopic (exact) mass is 439 g/mol. The van der Waals surface area contributed by atoms with Crippen molar-refractivity contribution >= 4 is 0 Å². The average molecular weight is 439 g/mol. The molecule has 1 saturated heterocycles. The van der Waals surface area contributed by atoms with Crippen LogP contribution >= 0.6 is 0 Å². The third-order valence-electron chi connectivity index (χ3n) is 6.40. The molecule has 1 aromatic carbocycles. The molecule has 0 bridgehead atoms. The minimum Gasteiger partial charge on any atom is -0.497 e. The molecule has 1 fully saturated rings. The lowest BCUT2D eigenvalue weighted by atomic mass is 9.81. The Kier molecular flexibility index (Phi) is 5.60. The minimum atomic E-state index is -0.749. The van der Waals surface area contributed by atoms with E-state index < -0.39 is 5.60 Å². The van der Waals surface area contributed by atoms with Crippen LogP contribution in [0.3, 0.4) is 0 Å². The summed E-state index contributed by atoms with van der Waals surface area (Å²) in [7, 11) is 3.23. The third-order valence-corrected chi connectivity index (χ3v) is 6.40. The van der Waals surface area contributed by atoms with Crippen molar-refractivity contribution in [2.75, 3.05) is 27.4 Å². The van der Waals surface area contributed by atoms with Crippen molar-refractivity contribution in [3.63, 3.8) is 0 Å². The number of methoxy groups -OCH3 is 2. The molecule has 3 heterocycles. The van der Waals surface area contributed by atoms with Gasteiger partial charge in [-0.1, -0.05) is 0 Å². The summed E-state index contributed by atoms with van der Waals surface area (Å²) >= 11 is 0. The second-order valence-electron chi connectivity index (χ2n) is 8.30. The van der Waals surface area contributed by atoms with Gasteiger partial charge in [0, 0.05) is 30.5 Å². The molecule has 1 N–H and O–H groups in total. The molecule has 0 amide bonds. The Balaban J connectivity index is 1.88. The van der Waals surface area contributed by atoms with Crippen LogP contribution in [0.25, 0.3) is 22.5 Å². The van der Waals surface area contributed by atoms with Crippen LogP contribution in [0, 0.1) is 5.82 Å². The van der Waals surface area contributed by atoms with Gasteiger partial charge in [0.15, 0.2) is 0 Å². The molecule has 0 saturated carbocycles. The molecule has 2 aromatic heterocycles. The largest absolute Gasteiger partial charge is 0.497 e. The lowest BCUT2D eigenvalue weighted by Gasteiger charge is -2.32. The SMILES string of the molecule is COCC1(c2nc3c(c(-c4cc(OC)ccc4F)c2-c2nn[nH]n2)CCCC3)CCCO1. The number of nitrogens with one attached hydrogen (secondary N) is 1. The Hall–Kier alpha value is -2.91. The molecule has 8 nitrogen and oxygen atoms in total. The number of aromatic amines is 1. The highest BCUT2D eigenvalue weighted by Gasteiger charge is 2.43. The number of nitrogens with zero attached hydrogens (tertiary/aromatic N) is 4. The van der Waals surface area contributed by atoms with Crippen molar-refractivity contribution < 1.29 is 18.6 Å². The van der Waals surface area contributed by atoms with E-state index in [0.29, 0.717) is 41.6 Å². The van der Waals surface area contributed by atoms with Gasteiger partial charge in [-0.2, -0.15) is 5.21 Å². The Bertz CT molecular complexity index is 1110. The number of tetrazole rings is 1. The van der Waals surface area contributed by atoms with E-state index in [1.165, 1.54) is 6.07 Å². The fraction of sp³-hybridized carbons (Fsp3) is 0.478. The van der Waals surface area contributed by atoms with Crippen LogP contribution in [0.1, 0.15) is 42.6 Å². The van der Waals surface area contributed by atoms with Gasteiger partial charge in [0.2, 0.25) is 5.82 Å². The van der Waals surface area contributed by atoms with Crippen LogP contribution in [0.4, 0.5) is 4.39 Å². The average Bonchev–Trinajstić information content (AvgIpc) is 3.52. The first-order valence-corrected chi connectivity index (χ1v) is 10.9. The zero-order chi connectivity index (χ0) is 22.1. The standard InChI is InChI=1S/C23H26FN5O3/c1-30-13-23(10-5-11-32-23)21-20(22-26-28-29-27-22)19(15-6-3-4-7-18(15)25-21)16-12-14(31-2)8-9-17(16)24/h8-9,12H,3-7,10-11,13H2,1-2H3,(H,26,27,28,29). The number of halogens is 1. The lowest BCUT2D eigenvalue weighted by molar-refractivity contribution is -0.0586. The maximum atomic E-state index is 15.3. The van der Waals surface area contributed by atoms with Gasteiger partial charge in [0.05, 0.1) is 25.0 Å². The molecule has 0 radical (unpaired) electrons. The van der Waals surface area contributed by atoms with Gasteiger partial charge in [-0.25, -0.2) is 4.39 Å². The first-order valence-electron chi connectivity index (χ1n) is 10.9. The van der Waals surface area contributed by atoms with Crippen LogP contribution < -0.4 is 4.74 Å². The van der Waals surface area contributed by atoms with E-state index in [9.17, 15) is 0 Å². The number of fused-ring (bicyclic) bond motifs is 1. The molecule has 5 rings (SSSR count). The molecular weight excluding hydrogens is 413 g/mol. The van der Waals surface area contributed by atoms with Crippen molar-refractivity contribution in [3.8, 4) is 28.3 Å². The van der Waals surface area contributed by atoms with Gasteiger partial charge in [0.1, 0.15) is 17.2 Å². The summed E-state index contributed by atoms with van der Waals surface area (Å²) < 4.78 is 32.6. The van der Waals surface area contributed by atoms with Crippen LogP contribution in [0.15, 0.2) is 18.2 Å². The number of pyridine rings is 1. The van der Waals surface area contributed by atoms with Gasteiger partial charge < -0.3 is 14.2 Å². The van der Waals surface area contributed by atoms with Gasteiger partial charge >= 0.3 is 0 Å². The number of aromatic nitrogens is 5. The fourth-order valence-corrected chi connectivity index (χ4v) is 4.98. The number of hydrogen-bond donors (Lipinski definition) is 1. The van der Waals surface area contributed by atoms with Crippen molar-refractivity contribution in [1.29, 1.82) is 0 Å². The molecule has 168 valence electrons. The second kappa shape index (κ2) is 8.55. The van der Waals surface area contributed by atoms with Crippen LogP contribution in [0.2, 0.25) is 0 Å². The van der Waals surface area contributed by atoms with E-state index in [-0.39, 0.29) is 5.82 Å². The highest BCUT2D eigenvalue weighted by Crippen LogP contribution is 2.47. The predicted octanol–water partition coefficient (Wildman–Crippen LogP) is 3.61. The number of rotatable bonds is 6. The normalized spacial score (nSPS) is 20.3. The summed E-state index contributed by atoms with van der Waals surface area (Å²) in [6, 6.07) is 4.78. The molecule has 9 heteroatoms. The summed E-state index contributed by atoms with van der Waals surface area (Å²) in [5.41, 5.74) is 3.77. The van der Waals surface area contributed by atoms with Crippen LogP contribution in [-0.4, -0.2) is 53.0 Å². The molecule has 32 heavy (non-hydrogen) atoms. The third kappa shape index (κ3) is 3.45. The van der Waals surface area contributed by atoms with Crippen molar-refractivity contribution in [1.82, 2.24) is 25.6 Å². The predicted molar refractivity (Wildman–Crippen MR) is 115 cm³/mol.